The van der Waals surface area contributed by atoms with E-state index in [9.17, 15) is 9.59 Å². The van der Waals surface area contributed by atoms with E-state index in [1.165, 1.54) is 7.11 Å². The Hall–Kier alpha value is -1.84. The number of nitrogens with one attached hydrogen (secondary N) is 1. The van der Waals surface area contributed by atoms with E-state index in [1.54, 1.807) is 12.1 Å². The molecule has 0 spiro atoms. The van der Waals surface area contributed by atoms with E-state index in [4.69, 9.17) is 0 Å². The summed E-state index contributed by atoms with van der Waals surface area (Å²) in [6.45, 7) is 0. The fourth-order valence-corrected chi connectivity index (χ4v) is 2.17. The van der Waals surface area contributed by atoms with Crippen LogP contribution in [-0.4, -0.2) is 24.9 Å². The van der Waals surface area contributed by atoms with Crippen molar-refractivity contribution in [1.82, 2.24) is 0 Å². The molecule has 0 heterocycles. The average molecular weight is 247 g/mol. The first-order valence-corrected chi connectivity index (χ1v) is 6.15. The number of anilines is 1. The minimum atomic E-state index is -0.336. The highest BCUT2D eigenvalue weighted by Crippen LogP contribution is 2.20. The molecule has 2 rings (SSSR count). The highest BCUT2D eigenvalue weighted by Gasteiger charge is 2.18. The van der Waals surface area contributed by atoms with E-state index in [0.29, 0.717) is 30.2 Å². The van der Waals surface area contributed by atoms with Gasteiger partial charge in [0, 0.05) is 24.6 Å². The van der Waals surface area contributed by atoms with Crippen molar-refractivity contribution in [3.63, 3.8) is 0 Å². The predicted molar refractivity (Wildman–Crippen MR) is 68.7 cm³/mol. The molecule has 96 valence electrons. The lowest BCUT2D eigenvalue weighted by Crippen LogP contribution is -2.26. The van der Waals surface area contributed by atoms with Crippen LogP contribution < -0.4 is 5.32 Å². The second-order valence-corrected chi connectivity index (χ2v) is 4.53. The number of benzene rings is 1. The van der Waals surface area contributed by atoms with Crippen LogP contribution in [0.3, 0.4) is 0 Å². The molecule has 1 fully saturated rings. The van der Waals surface area contributed by atoms with Crippen LogP contribution in [0.1, 0.15) is 36.0 Å². The summed E-state index contributed by atoms with van der Waals surface area (Å²) in [6.07, 6.45) is 3.02. The summed E-state index contributed by atoms with van der Waals surface area (Å²) >= 11 is 0. The predicted octanol–water partition coefficient (Wildman–Crippen LogP) is 2.40. The molecule has 1 aromatic carbocycles. The molecule has 0 aromatic heterocycles. The summed E-state index contributed by atoms with van der Waals surface area (Å²) in [7, 11) is 1.37. The highest BCUT2D eigenvalue weighted by molar-refractivity contribution is 5.90. The normalized spacial score (nSPS) is 16.4. The van der Waals surface area contributed by atoms with Crippen molar-refractivity contribution >= 4 is 17.4 Å². The van der Waals surface area contributed by atoms with Crippen LogP contribution in [0.4, 0.5) is 5.69 Å². The van der Waals surface area contributed by atoms with Gasteiger partial charge in [-0.2, -0.15) is 0 Å². The number of carbonyl (C=O) groups excluding carboxylic acids is 2. The summed E-state index contributed by atoms with van der Waals surface area (Å²) in [5.41, 5.74) is 1.44. The van der Waals surface area contributed by atoms with E-state index >= 15 is 0 Å². The zero-order valence-electron chi connectivity index (χ0n) is 10.4. The van der Waals surface area contributed by atoms with Gasteiger partial charge < -0.3 is 10.1 Å². The topological polar surface area (TPSA) is 55.4 Å². The summed E-state index contributed by atoms with van der Waals surface area (Å²) in [5, 5.41) is 3.36. The molecule has 4 nitrogen and oxygen atoms in total. The molecule has 0 saturated heterocycles. The molecule has 0 amide bonds. The van der Waals surface area contributed by atoms with Crippen LogP contribution in [0.2, 0.25) is 0 Å². The number of Topliss-reactive ketones (excluding diaryl/α,β-unsaturated/α-hetero) is 1. The Bertz CT molecular complexity index is 446. The SMILES string of the molecule is COC(=O)c1cccc(NC2CCC(=O)CC2)c1. The molecule has 0 unspecified atom stereocenters. The summed E-state index contributed by atoms with van der Waals surface area (Å²) in [5.74, 6) is 0.00818. The van der Waals surface area contributed by atoms with Crippen LogP contribution in [0.15, 0.2) is 24.3 Å². The molecule has 1 saturated carbocycles. The first-order chi connectivity index (χ1) is 8.69. The number of ether oxygens (including phenoxy) is 1. The minimum absolute atomic E-state index is 0.315. The maximum Gasteiger partial charge on any atom is 0.337 e. The molecular formula is C14H17NO3. The number of rotatable bonds is 3. The van der Waals surface area contributed by atoms with Crippen molar-refractivity contribution in [1.29, 1.82) is 0 Å². The second kappa shape index (κ2) is 5.67. The summed E-state index contributed by atoms with van der Waals surface area (Å²) < 4.78 is 4.68. The first-order valence-electron chi connectivity index (χ1n) is 6.15. The van der Waals surface area contributed by atoms with Gasteiger partial charge in [0.05, 0.1) is 12.7 Å². The number of esters is 1. The zero-order chi connectivity index (χ0) is 13.0. The van der Waals surface area contributed by atoms with Gasteiger partial charge >= 0.3 is 5.97 Å². The maximum absolute atomic E-state index is 11.4. The Kier molecular flexibility index (Phi) is 3.97. The van der Waals surface area contributed by atoms with Crippen LogP contribution in [0.5, 0.6) is 0 Å². The van der Waals surface area contributed by atoms with Gasteiger partial charge in [0.15, 0.2) is 0 Å². The highest BCUT2D eigenvalue weighted by atomic mass is 16.5. The zero-order valence-corrected chi connectivity index (χ0v) is 10.4. The Labute approximate surface area is 106 Å². The second-order valence-electron chi connectivity index (χ2n) is 4.53. The van der Waals surface area contributed by atoms with Crippen molar-refractivity contribution in [3.05, 3.63) is 29.8 Å². The van der Waals surface area contributed by atoms with Gasteiger partial charge in [-0.1, -0.05) is 6.07 Å². The lowest BCUT2D eigenvalue weighted by molar-refractivity contribution is -0.120. The number of hydrogen-bond acceptors (Lipinski definition) is 4. The molecule has 1 aromatic rings. The summed E-state index contributed by atoms with van der Waals surface area (Å²) in [6, 6.07) is 7.56. The molecule has 0 radical (unpaired) electrons. The minimum Gasteiger partial charge on any atom is -0.465 e. The molecule has 0 atom stereocenters. The van der Waals surface area contributed by atoms with Gasteiger partial charge in [-0.15, -0.1) is 0 Å². The van der Waals surface area contributed by atoms with E-state index in [0.717, 1.165) is 18.5 Å². The Balaban J connectivity index is 2.01. The molecular weight excluding hydrogens is 230 g/mol. The van der Waals surface area contributed by atoms with E-state index in [-0.39, 0.29) is 5.97 Å². The molecule has 1 aliphatic rings. The molecule has 1 aliphatic carbocycles. The van der Waals surface area contributed by atoms with Crippen molar-refractivity contribution in [2.75, 3.05) is 12.4 Å². The third kappa shape index (κ3) is 3.09. The van der Waals surface area contributed by atoms with Gasteiger partial charge in [-0.3, -0.25) is 4.79 Å². The largest absolute Gasteiger partial charge is 0.465 e. The number of methoxy groups -OCH3 is 1. The van der Waals surface area contributed by atoms with E-state index in [1.807, 2.05) is 12.1 Å². The Morgan fingerprint density at radius 3 is 2.72 bits per heavy atom. The third-order valence-electron chi connectivity index (χ3n) is 3.20. The van der Waals surface area contributed by atoms with Crippen molar-refractivity contribution in [2.24, 2.45) is 0 Å². The average Bonchev–Trinajstić information content (AvgIpc) is 2.41. The number of hydrogen-bond donors (Lipinski definition) is 1. The fraction of sp³-hybridized carbons (Fsp3) is 0.429. The quantitative estimate of drug-likeness (QED) is 0.833. The van der Waals surface area contributed by atoms with Crippen LogP contribution in [0, 0.1) is 0 Å². The smallest absolute Gasteiger partial charge is 0.337 e. The van der Waals surface area contributed by atoms with Gasteiger partial charge in [-0.05, 0) is 31.0 Å². The lowest BCUT2D eigenvalue weighted by atomic mass is 9.94. The number of ketones is 1. The molecule has 0 aliphatic heterocycles. The molecule has 18 heavy (non-hydrogen) atoms. The Morgan fingerprint density at radius 1 is 1.33 bits per heavy atom. The van der Waals surface area contributed by atoms with Crippen molar-refractivity contribution < 1.29 is 14.3 Å². The van der Waals surface area contributed by atoms with Gasteiger partial charge in [0.2, 0.25) is 0 Å². The monoisotopic (exact) mass is 247 g/mol. The van der Waals surface area contributed by atoms with Gasteiger partial charge in [0.25, 0.3) is 0 Å². The summed E-state index contributed by atoms with van der Waals surface area (Å²) in [4.78, 5) is 22.6. The van der Waals surface area contributed by atoms with Crippen LogP contribution >= 0.6 is 0 Å². The molecule has 0 bridgehead atoms. The standard InChI is InChI=1S/C14H17NO3/c1-18-14(17)10-3-2-4-12(9-10)15-11-5-7-13(16)8-6-11/h2-4,9,11,15H,5-8H2,1H3. The van der Waals surface area contributed by atoms with Gasteiger partial charge in [-0.25, -0.2) is 4.79 Å². The molecule has 1 N–H and O–H groups in total. The van der Waals surface area contributed by atoms with E-state index < -0.39 is 0 Å². The van der Waals surface area contributed by atoms with Crippen LogP contribution in [-0.2, 0) is 9.53 Å². The van der Waals surface area contributed by atoms with Gasteiger partial charge in [0.1, 0.15) is 5.78 Å². The fourth-order valence-electron chi connectivity index (χ4n) is 2.17. The first kappa shape index (κ1) is 12.6. The molecule has 4 heteroatoms. The Morgan fingerprint density at radius 2 is 2.06 bits per heavy atom. The van der Waals surface area contributed by atoms with Crippen molar-refractivity contribution in [3.8, 4) is 0 Å². The third-order valence-corrected chi connectivity index (χ3v) is 3.20. The van der Waals surface area contributed by atoms with E-state index in [2.05, 4.69) is 10.1 Å². The lowest BCUT2D eigenvalue weighted by Gasteiger charge is -2.23. The van der Waals surface area contributed by atoms with Crippen LogP contribution in [0.25, 0.3) is 0 Å². The number of carbonyl (C=O) groups is 2. The van der Waals surface area contributed by atoms with Crippen molar-refractivity contribution in [2.45, 2.75) is 31.7 Å². The maximum atomic E-state index is 11.4.